The van der Waals surface area contributed by atoms with Gasteiger partial charge in [-0.25, -0.2) is 4.79 Å². The largest absolute Gasteiger partial charge is 0.399 e. The van der Waals surface area contributed by atoms with Gasteiger partial charge >= 0.3 is 6.03 Å². The fourth-order valence-electron chi connectivity index (χ4n) is 2.51. The first-order chi connectivity index (χ1) is 13.4. The number of nitrogens with one attached hydrogen (secondary N) is 3. The summed E-state index contributed by atoms with van der Waals surface area (Å²) in [5.74, 6) is 0.404. The van der Waals surface area contributed by atoms with Gasteiger partial charge in [0.05, 0.1) is 12.3 Å². The number of amides is 2. The van der Waals surface area contributed by atoms with E-state index in [1.165, 1.54) is 5.56 Å². The van der Waals surface area contributed by atoms with Gasteiger partial charge in [0.1, 0.15) is 0 Å². The number of nitrogens with two attached hydrogens (primary N) is 1. The molecule has 0 spiro atoms. The van der Waals surface area contributed by atoms with Gasteiger partial charge in [-0.2, -0.15) is 0 Å². The van der Waals surface area contributed by atoms with Crippen LogP contribution in [0.5, 0.6) is 0 Å². The number of hydrogen-bond donors (Lipinski definition) is 5. The maximum absolute atomic E-state index is 12.3. The highest BCUT2D eigenvalue weighted by atomic mass is 16.5. The summed E-state index contributed by atoms with van der Waals surface area (Å²) in [6.45, 7) is 9.17. The Kier molecular flexibility index (Phi) is 9.71. The summed E-state index contributed by atoms with van der Waals surface area (Å²) in [5, 5.41) is 8.87. The van der Waals surface area contributed by atoms with Crippen LogP contribution in [0.2, 0.25) is 0 Å². The normalized spacial score (nSPS) is 11.0. The van der Waals surface area contributed by atoms with E-state index in [1.807, 2.05) is 50.2 Å². The summed E-state index contributed by atoms with van der Waals surface area (Å²) < 4.78 is 5.24. The summed E-state index contributed by atoms with van der Waals surface area (Å²) in [6.07, 6.45) is 1.70. The van der Waals surface area contributed by atoms with E-state index in [4.69, 9.17) is 10.5 Å². The molecule has 0 atom stereocenters. The standard InChI is InChI=1S/C22H30N4O2.H3N.2H2/c1-5-28-14-18(23)13-24-19-8-10-20(11-9-19)25-22(27)26-21-12-17(15(2)3)7-6-16(21)4;;;/h6-13,15,24H,5,14,23H2,1-4H3,(H2,25,26,27);1H3;2*1H/b18-13-;;;. The molecule has 0 bridgehead atoms. The van der Waals surface area contributed by atoms with Crippen molar-refractivity contribution in [2.24, 2.45) is 5.73 Å². The van der Waals surface area contributed by atoms with Crippen molar-refractivity contribution in [3.8, 4) is 0 Å². The van der Waals surface area contributed by atoms with Gasteiger partial charge in [0.15, 0.2) is 0 Å². The van der Waals surface area contributed by atoms with Crippen molar-refractivity contribution in [3.63, 3.8) is 0 Å². The second kappa shape index (κ2) is 11.7. The van der Waals surface area contributed by atoms with Gasteiger partial charge in [0.2, 0.25) is 0 Å². The van der Waals surface area contributed by atoms with E-state index in [0.29, 0.717) is 30.5 Å². The molecule has 2 amide bonds. The van der Waals surface area contributed by atoms with Crippen LogP contribution >= 0.6 is 0 Å². The molecule has 0 saturated carbocycles. The van der Waals surface area contributed by atoms with Crippen LogP contribution in [-0.4, -0.2) is 19.2 Å². The average Bonchev–Trinajstić information content (AvgIpc) is 2.67. The predicted octanol–water partition coefficient (Wildman–Crippen LogP) is 5.66. The zero-order chi connectivity index (χ0) is 20.5. The molecule has 0 unspecified atom stereocenters. The second-order valence-corrected chi connectivity index (χ2v) is 6.89. The first kappa shape index (κ1) is 24.0. The molecule has 29 heavy (non-hydrogen) atoms. The third-order valence-corrected chi connectivity index (χ3v) is 4.22. The monoisotopic (exact) mass is 403 g/mol. The minimum atomic E-state index is -0.273. The number of hydrogen-bond acceptors (Lipinski definition) is 5. The van der Waals surface area contributed by atoms with Gasteiger partial charge < -0.3 is 32.6 Å². The summed E-state index contributed by atoms with van der Waals surface area (Å²) in [7, 11) is 0. The number of anilines is 3. The summed E-state index contributed by atoms with van der Waals surface area (Å²) in [4.78, 5) is 12.3. The third kappa shape index (κ3) is 7.85. The molecule has 2 aromatic rings. The van der Waals surface area contributed by atoms with E-state index in [-0.39, 0.29) is 15.0 Å². The van der Waals surface area contributed by atoms with Crippen molar-refractivity contribution >= 4 is 23.1 Å². The Morgan fingerprint density at radius 3 is 2.41 bits per heavy atom. The van der Waals surface area contributed by atoms with Crippen molar-refractivity contribution < 1.29 is 12.4 Å². The molecule has 0 saturated heterocycles. The fourth-order valence-corrected chi connectivity index (χ4v) is 2.51. The van der Waals surface area contributed by atoms with Crippen LogP contribution in [0.3, 0.4) is 0 Å². The molecule has 0 radical (unpaired) electrons. The van der Waals surface area contributed by atoms with Gasteiger partial charge in [0, 0.05) is 32.7 Å². The topological polar surface area (TPSA) is 123 Å². The highest BCUT2D eigenvalue weighted by Gasteiger charge is 2.08. The molecule has 0 fully saturated rings. The minimum absolute atomic E-state index is 0. The van der Waals surface area contributed by atoms with E-state index in [9.17, 15) is 4.79 Å². The Hall–Kier alpha value is -3.03. The van der Waals surface area contributed by atoms with Crippen LogP contribution < -0.4 is 27.8 Å². The molecule has 0 aliphatic heterocycles. The number of carbonyl (C=O) groups excluding carboxylic acids is 1. The molecule has 162 valence electrons. The molecular weight excluding hydrogens is 366 g/mol. The van der Waals surface area contributed by atoms with Crippen molar-refractivity contribution in [1.82, 2.24) is 6.15 Å². The van der Waals surface area contributed by atoms with Gasteiger partial charge in [0.25, 0.3) is 0 Å². The predicted molar refractivity (Wildman–Crippen MR) is 126 cm³/mol. The van der Waals surface area contributed by atoms with Gasteiger partial charge in [-0.05, 0) is 61.2 Å². The molecule has 0 aromatic heterocycles. The Morgan fingerprint density at radius 2 is 1.79 bits per heavy atom. The smallest absolute Gasteiger partial charge is 0.323 e. The number of ether oxygens (including phenoxy) is 1. The molecule has 0 heterocycles. The molecule has 7 nitrogen and oxygen atoms in total. The number of urea groups is 1. The zero-order valence-corrected chi connectivity index (χ0v) is 17.7. The van der Waals surface area contributed by atoms with Crippen LogP contribution in [0.25, 0.3) is 0 Å². The van der Waals surface area contributed by atoms with Crippen molar-refractivity contribution in [2.75, 3.05) is 29.2 Å². The van der Waals surface area contributed by atoms with E-state index < -0.39 is 0 Å². The van der Waals surface area contributed by atoms with Crippen LogP contribution in [0.4, 0.5) is 21.9 Å². The second-order valence-electron chi connectivity index (χ2n) is 6.89. The van der Waals surface area contributed by atoms with E-state index in [1.54, 1.807) is 6.20 Å². The summed E-state index contributed by atoms with van der Waals surface area (Å²) >= 11 is 0. The lowest BCUT2D eigenvalue weighted by Crippen LogP contribution is -2.20. The lowest BCUT2D eigenvalue weighted by molar-refractivity contribution is 0.170. The lowest BCUT2D eigenvalue weighted by atomic mass is 10.0. The maximum atomic E-state index is 12.3. The van der Waals surface area contributed by atoms with Crippen molar-refractivity contribution in [1.29, 1.82) is 0 Å². The molecule has 2 aromatic carbocycles. The molecule has 8 N–H and O–H groups in total. The zero-order valence-electron chi connectivity index (χ0n) is 17.7. The first-order valence-electron chi connectivity index (χ1n) is 9.46. The van der Waals surface area contributed by atoms with Crippen LogP contribution in [-0.2, 0) is 4.74 Å². The van der Waals surface area contributed by atoms with Gasteiger partial charge in [-0.15, -0.1) is 0 Å². The van der Waals surface area contributed by atoms with Gasteiger partial charge in [-0.1, -0.05) is 26.0 Å². The van der Waals surface area contributed by atoms with Crippen molar-refractivity contribution in [3.05, 3.63) is 65.5 Å². The SMILES string of the molecule is CCOC/C(N)=C/Nc1ccc(NC(=O)Nc2cc(C(C)C)ccc2C)cc1.N.[HH].[HH]. The highest BCUT2D eigenvalue weighted by Crippen LogP contribution is 2.22. The quantitative estimate of drug-likeness (QED) is 0.389. The van der Waals surface area contributed by atoms with Crippen LogP contribution in [0.1, 0.15) is 40.7 Å². The third-order valence-electron chi connectivity index (χ3n) is 4.22. The minimum Gasteiger partial charge on any atom is -0.399 e. The van der Waals surface area contributed by atoms with E-state index in [2.05, 4.69) is 35.9 Å². The Morgan fingerprint density at radius 1 is 1.14 bits per heavy atom. The Bertz CT molecular complexity index is 827. The number of carbonyl (C=O) groups is 1. The fraction of sp³-hybridized carbons (Fsp3) is 0.318. The van der Waals surface area contributed by atoms with Crippen LogP contribution in [0.15, 0.2) is 54.4 Å². The first-order valence-corrected chi connectivity index (χ1v) is 9.46. The lowest BCUT2D eigenvalue weighted by Gasteiger charge is -2.13. The van der Waals surface area contributed by atoms with E-state index in [0.717, 1.165) is 16.9 Å². The number of benzene rings is 2. The molecule has 7 heteroatoms. The average molecular weight is 404 g/mol. The van der Waals surface area contributed by atoms with Crippen molar-refractivity contribution in [2.45, 2.75) is 33.6 Å². The molecular formula is C22H37N5O2. The highest BCUT2D eigenvalue weighted by molar-refractivity contribution is 6.00. The summed E-state index contributed by atoms with van der Waals surface area (Å²) in [5.41, 5.74) is 11.0. The number of rotatable bonds is 8. The number of aryl methyl sites for hydroxylation is 1. The molecule has 0 aliphatic carbocycles. The maximum Gasteiger partial charge on any atom is 0.323 e. The summed E-state index contributed by atoms with van der Waals surface area (Å²) in [6, 6.07) is 13.2. The molecule has 2 rings (SSSR count). The van der Waals surface area contributed by atoms with E-state index >= 15 is 0 Å². The van der Waals surface area contributed by atoms with Crippen LogP contribution in [0, 0.1) is 6.92 Å². The molecule has 0 aliphatic rings. The Balaban J connectivity index is 0. The van der Waals surface area contributed by atoms with Gasteiger partial charge in [-0.3, -0.25) is 0 Å². The Labute approximate surface area is 176 Å².